The molecule has 0 aromatic carbocycles. The first kappa shape index (κ1) is 16.4. The molecule has 1 fully saturated rings. The van der Waals surface area contributed by atoms with Gasteiger partial charge in [-0.1, -0.05) is 31.5 Å². The fraction of sp³-hybridized carbons (Fsp3) is 0.857. The summed E-state index contributed by atoms with van der Waals surface area (Å²) in [4.78, 5) is 14.8. The van der Waals surface area contributed by atoms with Crippen LogP contribution in [0.5, 0.6) is 0 Å². The van der Waals surface area contributed by atoms with Gasteiger partial charge in [0.15, 0.2) is 0 Å². The van der Waals surface area contributed by atoms with Crippen molar-refractivity contribution in [2.75, 3.05) is 7.05 Å². The van der Waals surface area contributed by atoms with Gasteiger partial charge in [-0.2, -0.15) is 0 Å². The van der Waals surface area contributed by atoms with Gasteiger partial charge >= 0.3 is 0 Å². The lowest BCUT2D eigenvalue weighted by Gasteiger charge is -2.31. The van der Waals surface area contributed by atoms with E-state index >= 15 is 0 Å². The molecule has 1 saturated carbocycles. The van der Waals surface area contributed by atoms with Crippen molar-refractivity contribution in [3.8, 4) is 0 Å². The van der Waals surface area contributed by atoms with Crippen LogP contribution in [0.4, 0.5) is 0 Å². The highest BCUT2D eigenvalue weighted by molar-refractivity contribution is 7.80. The van der Waals surface area contributed by atoms with Crippen LogP contribution in [0, 0.1) is 0 Å². The molecule has 0 spiro atoms. The summed E-state index contributed by atoms with van der Waals surface area (Å²) in [6.45, 7) is 3.98. The van der Waals surface area contributed by atoms with E-state index in [-0.39, 0.29) is 18.0 Å². The van der Waals surface area contributed by atoms with E-state index in [4.69, 9.17) is 18.0 Å². The Bertz CT molecular complexity index is 316. The van der Waals surface area contributed by atoms with Gasteiger partial charge in [0.1, 0.15) is 0 Å². The predicted octanol–water partition coefficient (Wildman–Crippen LogP) is 1.82. The molecule has 2 atom stereocenters. The maximum atomic E-state index is 12.2. The van der Waals surface area contributed by atoms with E-state index in [1.807, 2.05) is 25.8 Å². The number of thiocarbonyl (C=S) groups is 1. The summed E-state index contributed by atoms with van der Waals surface area (Å²) >= 11 is 4.92. The van der Waals surface area contributed by atoms with Crippen molar-refractivity contribution in [3.63, 3.8) is 0 Å². The number of rotatable bonds is 6. The minimum Gasteiger partial charge on any atom is -0.393 e. The van der Waals surface area contributed by atoms with Crippen LogP contribution in [0.3, 0.4) is 0 Å². The van der Waals surface area contributed by atoms with Gasteiger partial charge in [0, 0.05) is 18.5 Å². The zero-order valence-electron chi connectivity index (χ0n) is 12.3. The van der Waals surface area contributed by atoms with Crippen molar-refractivity contribution in [2.45, 2.75) is 70.5 Å². The maximum Gasteiger partial charge on any atom is 0.237 e. The number of amides is 1. The number of nitrogens with two attached hydrogens (primary N) is 1. The summed E-state index contributed by atoms with van der Waals surface area (Å²) in [5, 5.41) is 3.16. The summed E-state index contributed by atoms with van der Waals surface area (Å²) in [5.74, 6) is 0.115. The number of hydrogen-bond acceptors (Lipinski definition) is 3. The lowest BCUT2D eigenvalue weighted by molar-refractivity contribution is -0.127. The molecule has 0 saturated heterocycles. The van der Waals surface area contributed by atoms with Crippen LogP contribution in [0.2, 0.25) is 0 Å². The van der Waals surface area contributed by atoms with Crippen molar-refractivity contribution in [3.05, 3.63) is 0 Å². The monoisotopic (exact) mass is 285 g/mol. The third kappa shape index (κ3) is 5.45. The fourth-order valence-electron chi connectivity index (χ4n) is 2.57. The molecule has 1 aliphatic rings. The van der Waals surface area contributed by atoms with Crippen LogP contribution >= 0.6 is 12.2 Å². The highest BCUT2D eigenvalue weighted by atomic mass is 32.1. The van der Waals surface area contributed by atoms with E-state index in [1.54, 1.807) is 0 Å². The van der Waals surface area contributed by atoms with Crippen LogP contribution in [-0.4, -0.2) is 41.0 Å². The van der Waals surface area contributed by atoms with Gasteiger partial charge in [-0.15, -0.1) is 0 Å². The minimum absolute atomic E-state index is 0.115. The van der Waals surface area contributed by atoms with Crippen LogP contribution in [0.1, 0.15) is 52.4 Å². The Hall–Kier alpha value is -0.680. The lowest BCUT2D eigenvalue weighted by atomic mass is 9.95. The highest BCUT2D eigenvalue weighted by Crippen LogP contribution is 2.18. The number of nitrogens with one attached hydrogen (secondary N) is 1. The van der Waals surface area contributed by atoms with Crippen LogP contribution < -0.4 is 11.1 Å². The molecule has 0 aliphatic heterocycles. The molecule has 19 heavy (non-hydrogen) atoms. The van der Waals surface area contributed by atoms with Crippen LogP contribution in [0.25, 0.3) is 0 Å². The van der Waals surface area contributed by atoms with Crippen molar-refractivity contribution in [1.82, 2.24) is 10.2 Å². The first-order valence-corrected chi connectivity index (χ1v) is 7.63. The average molecular weight is 285 g/mol. The molecule has 2 unspecified atom stereocenters. The van der Waals surface area contributed by atoms with Gasteiger partial charge in [-0.25, -0.2) is 0 Å². The Morgan fingerprint density at radius 2 is 1.95 bits per heavy atom. The van der Waals surface area contributed by atoms with Gasteiger partial charge < -0.3 is 11.1 Å². The normalized spacial score (nSPS) is 20.0. The number of nitrogens with zero attached hydrogens (tertiary/aromatic N) is 1. The first-order valence-electron chi connectivity index (χ1n) is 7.22. The Balaban J connectivity index is 2.43. The average Bonchev–Trinajstić information content (AvgIpc) is 2.37. The Morgan fingerprint density at radius 1 is 1.37 bits per heavy atom. The molecule has 110 valence electrons. The van der Waals surface area contributed by atoms with Crippen molar-refractivity contribution in [1.29, 1.82) is 0 Å². The molecular weight excluding hydrogens is 258 g/mol. The third-order valence-corrected chi connectivity index (χ3v) is 4.30. The summed E-state index contributed by atoms with van der Waals surface area (Å²) in [7, 11) is 1.95. The van der Waals surface area contributed by atoms with E-state index in [0.29, 0.717) is 17.5 Å². The van der Waals surface area contributed by atoms with Gasteiger partial charge in [-0.3, -0.25) is 9.69 Å². The maximum absolute atomic E-state index is 12.2. The summed E-state index contributed by atoms with van der Waals surface area (Å²) in [5.41, 5.74) is 5.56. The molecule has 0 bridgehead atoms. The summed E-state index contributed by atoms with van der Waals surface area (Å²) in [6, 6.07) is 0.402. The Morgan fingerprint density at radius 3 is 2.47 bits per heavy atom. The smallest absolute Gasteiger partial charge is 0.237 e. The molecular formula is C14H27N3OS. The molecule has 5 heteroatoms. The number of carbonyl (C=O) groups excluding carboxylic acids is 1. The summed E-state index contributed by atoms with van der Waals surface area (Å²) in [6.07, 6.45) is 6.63. The SMILES string of the molecule is CC(CC(N)=S)N(C)C(C)C(=O)NC1CCCCC1. The topological polar surface area (TPSA) is 58.4 Å². The standard InChI is InChI=1S/C14H27N3OS/c1-10(9-13(15)19)17(3)11(2)14(18)16-12-7-5-4-6-8-12/h10-12H,4-9H2,1-3H3,(H2,15,19)(H,16,18). The molecule has 3 N–H and O–H groups in total. The van der Waals surface area contributed by atoms with Gasteiger partial charge in [0.05, 0.1) is 11.0 Å². The molecule has 0 aromatic heterocycles. The van der Waals surface area contributed by atoms with E-state index < -0.39 is 0 Å². The fourth-order valence-corrected chi connectivity index (χ4v) is 2.81. The molecule has 1 rings (SSSR count). The molecule has 0 aromatic rings. The molecule has 1 aliphatic carbocycles. The quantitative estimate of drug-likeness (QED) is 0.731. The summed E-state index contributed by atoms with van der Waals surface area (Å²) < 4.78 is 0. The Labute approximate surface area is 122 Å². The van der Waals surface area contributed by atoms with E-state index in [1.165, 1.54) is 19.3 Å². The largest absolute Gasteiger partial charge is 0.393 e. The first-order chi connectivity index (χ1) is 8.91. The van der Waals surface area contributed by atoms with E-state index in [0.717, 1.165) is 12.8 Å². The predicted molar refractivity (Wildman–Crippen MR) is 83.1 cm³/mol. The molecule has 0 heterocycles. The van der Waals surface area contributed by atoms with Crippen molar-refractivity contribution < 1.29 is 4.79 Å². The molecule has 1 amide bonds. The lowest BCUT2D eigenvalue weighted by Crippen LogP contribution is -2.50. The van der Waals surface area contributed by atoms with Crippen LogP contribution in [-0.2, 0) is 4.79 Å². The van der Waals surface area contributed by atoms with Crippen molar-refractivity contribution in [2.24, 2.45) is 5.73 Å². The van der Waals surface area contributed by atoms with E-state index in [9.17, 15) is 4.79 Å². The second kappa shape index (κ2) is 7.80. The van der Waals surface area contributed by atoms with Gasteiger partial charge in [0.2, 0.25) is 5.91 Å². The zero-order chi connectivity index (χ0) is 14.4. The van der Waals surface area contributed by atoms with E-state index in [2.05, 4.69) is 5.32 Å². The van der Waals surface area contributed by atoms with Gasteiger partial charge in [-0.05, 0) is 33.7 Å². The number of hydrogen-bond donors (Lipinski definition) is 2. The second-order valence-electron chi connectivity index (χ2n) is 5.70. The van der Waals surface area contributed by atoms with Crippen LogP contribution in [0.15, 0.2) is 0 Å². The number of likely N-dealkylation sites (N-methyl/N-ethyl adjacent to an activating group) is 1. The molecule has 4 nitrogen and oxygen atoms in total. The highest BCUT2D eigenvalue weighted by Gasteiger charge is 2.25. The Kier molecular flexibility index (Phi) is 6.72. The van der Waals surface area contributed by atoms with Crippen molar-refractivity contribution >= 4 is 23.1 Å². The zero-order valence-corrected chi connectivity index (χ0v) is 13.1. The molecule has 0 radical (unpaired) electrons. The third-order valence-electron chi connectivity index (χ3n) is 4.13. The minimum atomic E-state index is -0.147. The number of carbonyl (C=O) groups is 1. The van der Waals surface area contributed by atoms with Gasteiger partial charge in [0.25, 0.3) is 0 Å². The second-order valence-corrected chi connectivity index (χ2v) is 6.23.